The zero-order chi connectivity index (χ0) is 15.5. The number of halogens is 2. The van der Waals surface area contributed by atoms with Crippen LogP contribution in [0.2, 0.25) is 10.4 Å². The zero-order valence-electron chi connectivity index (χ0n) is 11.5. The van der Waals surface area contributed by atoms with Crippen LogP contribution in [0.1, 0.15) is 12.1 Å². The molecule has 2 aromatic heterocycles. The topological polar surface area (TPSA) is 84.2 Å². The minimum Gasteiger partial charge on any atom is -0.364 e. The van der Waals surface area contributed by atoms with E-state index in [0.29, 0.717) is 23.2 Å². The number of hydrogen-bond acceptors (Lipinski definition) is 6. The van der Waals surface area contributed by atoms with Gasteiger partial charge < -0.3 is 14.7 Å². The highest BCUT2D eigenvalue weighted by Crippen LogP contribution is 2.22. The summed E-state index contributed by atoms with van der Waals surface area (Å²) in [7, 11) is 0. The Hall–Kier alpha value is -1.86. The van der Waals surface area contributed by atoms with Crippen molar-refractivity contribution in [3.8, 4) is 0 Å². The van der Waals surface area contributed by atoms with E-state index in [1.165, 1.54) is 6.26 Å². The van der Waals surface area contributed by atoms with Crippen LogP contribution in [0.25, 0.3) is 0 Å². The Balaban J connectivity index is 1.56. The lowest BCUT2D eigenvalue weighted by Gasteiger charge is -2.18. The Labute approximate surface area is 136 Å². The number of nitrogens with one attached hydrogen (secondary N) is 1. The van der Waals surface area contributed by atoms with Gasteiger partial charge in [-0.1, -0.05) is 16.8 Å². The van der Waals surface area contributed by atoms with Gasteiger partial charge in [0.2, 0.25) is 11.2 Å². The summed E-state index contributed by atoms with van der Waals surface area (Å²) in [6.07, 6.45) is 2.48. The highest BCUT2D eigenvalue weighted by Gasteiger charge is 2.25. The highest BCUT2D eigenvalue weighted by atomic mass is 35.5. The van der Waals surface area contributed by atoms with Crippen LogP contribution in [0.4, 0.5) is 5.82 Å². The zero-order valence-corrected chi connectivity index (χ0v) is 13.0. The van der Waals surface area contributed by atoms with Gasteiger partial charge in [-0.3, -0.25) is 4.79 Å². The molecule has 3 rings (SSSR count). The van der Waals surface area contributed by atoms with Gasteiger partial charge in [0, 0.05) is 31.3 Å². The van der Waals surface area contributed by atoms with Gasteiger partial charge >= 0.3 is 0 Å². The molecular formula is C13H13Cl2N5O2. The Morgan fingerprint density at radius 3 is 3.05 bits per heavy atom. The van der Waals surface area contributed by atoms with Gasteiger partial charge in [-0.2, -0.15) is 0 Å². The van der Waals surface area contributed by atoms with Crippen molar-refractivity contribution in [2.24, 2.45) is 0 Å². The molecule has 3 heterocycles. The lowest BCUT2D eigenvalue weighted by molar-refractivity contribution is -0.121. The summed E-state index contributed by atoms with van der Waals surface area (Å²) in [4.78, 5) is 21.9. The van der Waals surface area contributed by atoms with Crippen molar-refractivity contribution in [2.75, 3.05) is 18.0 Å². The van der Waals surface area contributed by atoms with Gasteiger partial charge in [-0.15, -0.1) is 0 Å². The number of aromatic nitrogens is 3. The molecule has 1 aliphatic rings. The van der Waals surface area contributed by atoms with Crippen molar-refractivity contribution >= 4 is 34.9 Å². The molecule has 22 heavy (non-hydrogen) atoms. The first-order valence-electron chi connectivity index (χ1n) is 6.74. The molecule has 1 amide bonds. The van der Waals surface area contributed by atoms with Crippen LogP contribution < -0.4 is 10.2 Å². The Bertz CT molecular complexity index is 644. The van der Waals surface area contributed by atoms with E-state index in [4.69, 9.17) is 27.7 Å². The molecule has 9 heteroatoms. The van der Waals surface area contributed by atoms with E-state index in [1.54, 1.807) is 12.1 Å². The van der Waals surface area contributed by atoms with Crippen molar-refractivity contribution in [3.05, 3.63) is 34.5 Å². The SMILES string of the molecule is O=C(Cc1ccon1)NC1CCN(c2cc(Cl)nc(Cl)n2)C1. The quantitative estimate of drug-likeness (QED) is 0.673. The molecule has 1 fully saturated rings. The molecule has 7 nitrogen and oxygen atoms in total. The maximum atomic E-state index is 11.9. The molecule has 0 spiro atoms. The summed E-state index contributed by atoms with van der Waals surface area (Å²) >= 11 is 11.7. The summed E-state index contributed by atoms with van der Waals surface area (Å²) in [5.41, 5.74) is 0.613. The van der Waals surface area contributed by atoms with E-state index in [2.05, 4.69) is 20.4 Å². The minimum atomic E-state index is -0.0838. The number of hydrogen-bond donors (Lipinski definition) is 1. The van der Waals surface area contributed by atoms with Gasteiger partial charge in [-0.05, 0) is 18.0 Å². The molecule has 0 aromatic carbocycles. The van der Waals surface area contributed by atoms with Crippen molar-refractivity contribution in [1.29, 1.82) is 0 Å². The highest BCUT2D eigenvalue weighted by molar-refractivity contribution is 6.32. The molecule has 1 unspecified atom stereocenters. The fraction of sp³-hybridized carbons (Fsp3) is 0.385. The maximum absolute atomic E-state index is 11.9. The van der Waals surface area contributed by atoms with E-state index in [9.17, 15) is 4.79 Å². The maximum Gasteiger partial charge on any atom is 0.226 e. The third-order valence-corrected chi connectivity index (χ3v) is 3.73. The molecule has 1 N–H and O–H groups in total. The average molecular weight is 342 g/mol. The Morgan fingerprint density at radius 1 is 1.45 bits per heavy atom. The van der Waals surface area contributed by atoms with Crippen LogP contribution in [0.3, 0.4) is 0 Å². The summed E-state index contributed by atoms with van der Waals surface area (Å²) < 4.78 is 4.71. The van der Waals surface area contributed by atoms with E-state index in [-0.39, 0.29) is 23.7 Å². The summed E-state index contributed by atoms with van der Waals surface area (Å²) in [6.45, 7) is 1.41. The first kappa shape index (κ1) is 15.1. The summed E-state index contributed by atoms with van der Waals surface area (Å²) in [5, 5.41) is 7.11. The molecule has 0 saturated carbocycles. The van der Waals surface area contributed by atoms with Crippen LogP contribution in [-0.4, -0.2) is 40.2 Å². The fourth-order valence-electron chi connectivity index (χ4n) is 2.40. The third kappa shape index (κ3) is 3.66. The predicted octanol–water partition coefficient (Wildman–Crippen LogP) is 1.71. The molecule has 116 valence electrons. The molecule has 0 radical (unpaired) electrons. The summed E-state index contributed by atoms with van der Waals surface area (Å²) in [6, 6.07) is 3.38. The molecule has 0 bridgehead atoms. The Kier molecular flexibility index (Phi) is 4.44. The van der Waals surface area contributed by atoms with Crippen LogP contribution >= 0.6 is 23.2 Å². The van der Waals surface area contributed by atoms with E-state index >= 15 is 0 Å². The van der Waals surface area contributed by atoms with Crippen molar-refractivity contribution in [2.45, 2.75) is 18.9 Å². The fourth-order valence-corrected chi connectivity index (χ4v) is 2.80. The van der Waals surface area contributed by atoms with E-state index in [1.807, 2.05) is 4.90 Å². The van der Waals surface area contributed by atoms with Crippen LogP contribution in [0.5, 0.6) is 0 Å². The van der Waals surface area contributed by atoms with Crippen LogP contribution in [0, 0.1) is 0 Å². The minimum absolute atomic E-state index is 0.0481. The van der Waals surface area contributed by atoms with Gasteiger partial charge in [0.05, 0.1) is 12.1 Å². The van der Waals surface area contributed by atoms with Crippen LogP contribution in [-0.2, 0) is 11.2 Å². The number of carbonyl (C=O) groups excluding carboxylic acids is 1. The lowest BCUT2D eigenvalue weighted by Crippen LogP contribution is -2.38. The standard InChI is InChI=1S/C13H13Cl2N5O2/c14-10-6-11(18-13(15)17-10)20-3-1-9(7-20)16-12(21)5-8-2-4-22-19-8/h2,4,6,9H,1,3,5,7H2,(H,16,21). The molecule has 2 aromatic rings. The second kappa shape index (κ2) is 6.50. The molecule has 1 aliphatic heterocycles. The largest absolute Gasteiger partial charge is 0.364 e. The normalized spacial score (nSPS) is 17.7. The third-order valence-electron chi connectivity index (χ3n) is 3.36. The smallest absolute Gasteiger partial charge is 0.226 e. The summed E-state index contributed by atoms with van der Waals surface area (Å²) in [5.74, 6) is 0.581. The number of anilines is 1. The van der Waals surface area contributed by atoms with Gasteiger partial charge in [0.15, 0.2) is 0 Å². The monoisotopic (exact) mass is 341 g/mol. The lowest BCUT2D eigenvalue weighted by atomic mass is 10.2. The average Bonchev–Trinajstić information content (AvgIpc) is 3.09. The van der Waals surface area contributed by atoms with Gasteiger partial charge in [0.25, 0.3) is 0 Å². The van der Waals surface area contributed by atoms with E-state index in [0.717, 1.165) is 13.0 Å². The van der Waals surface area contributed by atoms with Gasteiger partial charge in [0.1, 0.15) is 17.2 Å². The second-order valence-corrected chi connectivity index (χ2v) is 5.71. The Morgan fingerprint density at radius 2 is 2.32 bits per heavy atom. The number of rotatable bonds is 4. The van der Waals surface area contributed by atoms with E-state index < -0.39 is 0 Å². The molecular weight excluding hydrogens is 329 g/mol. The second-order valence-electron chi connectivity index (χ2n) is 4.98. The number of carbonyl (C=O) groups is 1. The van der Waals surface area contributed by atoms with Crippen molar-refractivity contribution < 1.29 is 9.32 Å². The molecule has 0 aliphatic carbocycles. The van der Waals surface area contributed by atoms with Crippen molar-refractivity contribution in [1.82, 2.24) is 20.4 Å². The first-order valence-corrected chi connectivity index (χ1v) is 7.49. The number of amides is 1. The van der Waals surface area contributed by atoms with Crippen molar-refractivity contribution in [3.63, 3.8) is 0 Å². The van der Waals surface area contributed by atoms with Gasteiger partial charge in [-0.25, -0.2) is 9.97 Å². The van der Waals surface area contributed by atoms with Crippen LogP contribution in [0.15, 0.2) is 22.9 Å². The first-order chi connectivity index (χ1) is 10.6. The molecule has 1 atom stereocenters. The number of nitrogens with zero attached hydrogens (tertiary/aromatic N) is 4. The predicted molar refractivity (Wildman–Crippen MR) is 81.0 cm³/mol. The molecule has 1 saturated heterocycles.